The fourth-order valence-electron chi connectivity index (χ4n) is 2.67. The lowest BCUT2D eigenvalue weighted by Crippen LogP contribution is -2.34. The number of halogens is 1. The molecule has 0 heterocycles. The Balaban J connectivity index is 1.37. The Hall–Kier alpha value is -1.87. The zero-order chi connectivity index (χ0) is 15.4. The third kappa shape index (κ3) is 3.86. The molecular formula is C19H21FO2. The van der Waals surface area contributed by atoms with Gasteiger partial charge in [-0.25, -0.2) is 4.39 Å². The molecule has 0 atom stereocenters. The van der Waals surface area contributed by atoms with E-state index in [-0.39, 0.29) is 5.82 Å². The largest absolute Gasteiger partial charge is 0.490 e. The van der Waals surface area contributed by atoms with Crippen LogP contribution in [0.1, 0.15) is 24.0 Å². The molecule has 1 saturated carbocycles. The first-order chi connectivity index (χ1) is 10.7. The third-order valence-electron chi connectivity index (χ3n) is 4.08. The smallest absolute Gasteiger partial charge is 0.165 e. The molecule has 116 valence electrons. The minimum Gasteiger partial charge on any atom is -0.490 e. The Labute approximate surface area is 130 Å². The van der Waals surface area contributed by atoms with Crippen LogP contribution >= 0.6 is 0 Å². The van der Waals surface area contributed by atoms with Crippen molar-refractivity contribution in [1.82, 2.24) is 0 Å². The minimum absolute atomic E-state index is 0.281. The van der Waals surface area contributed by atoms with Gasteiger partial charge in [0.15, 0.2) is 11.6 Å². The molecule has 3 rings (SSSR count). The first-order valence-corrected chi connectivity index (χ1v) is 7.75. The summed E-state index contributed by atoms with van der Waals surface area (Å²) in [6, 6.07) is 15.3. The molecule has 2 nitrogen and oxygen atoms in total. The number of hydrogen-bond donors (Lipinski definition) is 0. The van der Waals surface area contributed by atoms with Crippen LogP contribution in [0, 0.1) is 18.7 Å². The van der Waals surface area contributed by atoms with Crippen LogP contribution in [0.25, 0.3) is 0 Å². The molecule has 1 aliphatic rings. The van der Waals surface area contributed by atoms with E-state index in [0.29, 0.717) is 31.0 Å². The predicted molar refractivity (Wildman–Crippen MR) is 84.4 cm³/mol. The van der Waals surface area contributed by atoms with Crippen molar-refractivity contribution in [3.05, 3.63) is 65.5 Å². The van der Waals surface area contributed by atoms with Gasteiger partial charge in [-0.15, -0.1) is 0 Å². The first kappa shape index (κ1) is 15.0. The molecular weight excluding hydrogens is 279 g/mol. The van der Waals surface area contributed by atoms with Crippen molar-refractivity contribution in [3.8, 4) is 5.75 Å². The average molecular weight is 300 g/mol. The van der Waals surface area contributed by atoms with Gasteiger partial charge in [-0.1, -0.05) is 36.4 Å². The van der Waals surface area contributed by atoms with E-state index in [2.05, 4.69) is 12.1 Å². The first-order valence-electron chi connectivity index (χ1n) is 7.75. The molecule has 2 aromatic rings. The summed E-state index contributed by atoms with van der Waals surface area (Å²) in [5.74, 6) is 0.525. The van der Waals surface area contributed by atoms with Crippen LogP contribution in [0.15, 0.2) is 48.5 Å². The van der Waals surface area contributed by atoms with E-state index < -0.39 is 0 Å². The zero-order valence-corrected chi connectivity index (χ0v) is 12.8. The maximum atomic E-state index is 13.7. The van der Waals surface area contributed by atoms with Crippen LogP contribution in [-0.2, 0) is 11.3 Å². The van der Waals surface area contributed by atoms with Gasteiger partial charge in [-0.2, -0.15) is 0 Å². The summed E-state index contributed by atoms with van der Waals surface area (Å²) in [6.07, 6.45) is 2.28. The Kier molecular flexibility index (Phi) is 4.74. The maximum absolute atomic E-state index is 13.7. The molecule has 0 radical (unpaired) electrons. The van der Waals surface area contributed by atoms with Crippen LogP contribution < -0.4 is 4.74 Å². The zero-order valence-electron chi connectivity index (χ0n) is 12.8. The lowest BCUT2D eigenvalue weighted by molar-refractivity contribution is -0.0507. The van der Waals surface area contributed by atoms with E-state index in [9.17, 15) is 4.39 Å². The molecule has 22 heavy (non-hydrogen) atoms. The van der Waals surface area contributed by atoms with Crippen molar-refractivity contribution >= 4 is 0 Å². The lowest BCUT2D eigenvalue weighted by Gasteiger charge is -2.34. The fourth-order valence-corrected chi connectivity index (χ4v) is 2.67. The Morgan fingerprint density at radius 1 is 1.09 bits per heavy atom. The average Bonchev–Trinajstić information content (AvgIpc) is 2.48. The van der Waals surface area contributed by atoms with Crippen molar-refractivity contribution in [2.24, 2.45) is 5.92 Å². The van der Waals surface area contributed by atoms with E-state index in [1.165, 1.54) is 11.6 Å². The number of hydrogen-bond acceptors (Lipinski definition) is 2. The molecule has 0 bridgehead atoms. The topological polar surface area (TPSA) is 18.5 Å². The monoisotopic (exact) mass is 300 g/mol. The highest BCUT2D eigenvalue weighted by molar-refractivity contribution is 5.28. The van der Waals surface area contributed by atoms with Gasteiger partial charge in [0.05, 0.1) is 19.3 Å². The molecule has 0 amide bonds. The highest BCUT2D eigenvalue weighted by Gasteiger charge is 2.30. The Morgan fingerprint density at radius 3 is 2.59 bits per heavy atom. The summed E-state index contributed by atoms with van der Waals surface area (Å²) >= 11 is 0. The van der Waals surface area contributed by atoms with E-state index in [1.54, 1.807) is 6.07 Å². The molecule has 1 aliphatic carbocycles. The highest BCUT2D eigenvalue weighted by atomic mass is 19.1. The van der Waals surface area contributed by atoms with Gasteiger partial charge in [-0.3, -0.25) is 0 Å². The van der Waals surface area contributed by atoms with E-state index >= 15 is 0 Å². The molecule has 0 aliphatic heterocycles. The molecule has 0 aromatic heterocycles. The van der Waals surface area contributed by atoms with Crippen LogP contribution in [0.4, 0.5) is 4.39 Å². The summed E-state index contributed by atoms with van der Waals surface area (Å²) in [7, 11) is 0. The SMILES string of the molecule is Cc1ccc(OC[C@H]2C[C@@H](OCc3ccccc3)C2)c(F)c1. The molecule has 1 fully saturated rings. The van der Waals surface area contributed by atoms with Crippen LogP contribution in [0.5, 0.6) is 5.75 Å². The van der Waals surface area contributed by atoms with Gasteiger partial charge in [0, 0.05) is 0 Å². The minimum atomic E-state index is -0.281. The summed E-state index contributed by atoms with van der Waals surface area (Å²) in [6.45, 7) is 3.09. The quantitative estimate of drug-likeness (QED) is 0.781. The Bertz CT molecular complexity index is 606. The van der Waals surface area contributed by atoms with E-state index in [4.69, 9.17) is 9.47 Å². The van der Waals surface area contributed by atoms with Gasteiger partial charge >= 0.3 is 0 Å². The summed E-state index contributed by atoms with van der Waals surface area (Å²) in [5, 5.41) is 0. The predicted octanol–water partition coefficient (Wildman–Crippen LogP) is 4.51. The normalized spacial score (nSPS) is 20.5. The molecule has 0 spiro atoms. The van der Waals surface area contributed by atoms with Crippen molar-refractivity contribution < 1.29 is 13.9 Å². The number of aryl methyl sites for hydroxylation is 1. The number of ether oxygens (including phenoxy) is 2. The van der Waals surface area contributed by atoms with Gasteiger partial charge in [-0.05, 0) is 48.9 Å². The second-order valence-corrected chi connectivity index (χ2v) is 6.00. The van der Waals surface area contributed by atoms with Crippen molar-refractivity contribution in [1.29, 1.82) is 0 Å². The summed E-state index contributed by atoms with van der Waals surface area (Å²) in [5.41, 5.74) is 2.10. The van der Waals surface area contributed by atoms with Gasteiger partial charge in [0.2, 0.25) is 0 Å². The Morgan fingerprint density at radius 2 is 1.86 bits per heavy atom. The maximum Gasteiger partial charge on any atom is 0.165 e. The van der Waals surface area contributed by atoms with E-state index in [0.717, 1.165) is 18.4 Å². The van der Waals surface area contributed by atoms with Crippen LogP contribution in [0.2, 0.25) is 0 Å². The third-order valence-corrected chi connectivity index (χ3v) is 4.08. The van der Waals surface area contributed by atoms with E-state index in [1.807, 2.05) is 31.2 Å². The van der Waals surface area contributed by atoms with Crippen LogP contribution in [-0.4, -0.2) is 12.7 Å². The molecule has 2 aromatic carbocycles. The number of benzene rings is 2. The van der Waals surface area contributed by atoms with Gasteiger partial charge in [0.25, 0.3) is 0 Å². The second kappa shape index (κ2) is 6.93. The molecule has 0 saturated heterocycles. The number of rotatable bonds is 6. The molecule has 0 unspecified atom stereocenters. The lowest BCUT2D eigenvalue weighted by atomic mass is 9.83. The second-order valence-electron chi connectivity index (χ2n) is 6.00. The van der Waals surface area contributed by atoms with Crippen molar-refractivity contribution in [2.45, 2.75) is 32.5 Å². The van der Waals surface area contributed by atoms with Crippen LogP contribution in [0.3, 0.4) is 0 Å². The summed E-state index contributed by atoms with van der Waals surface area (Å²) in [4.78, 5) is 0. The van der Waals surface area contributed by atoms with Crippen molar-refractivity contribution in [3.63, 3.8) is 0 Å². The molecule has 3 heteroatoms. The van der Waals surface area contributed by atoms with Gasteiger partial charge < -0.3 is 9.47 Å². The highest BCUT2D eigenvalue weighted by Crippen LogP contribution is 2.31. The molecule has 0 N–H and O–H groups in total. The van der Waals surface area contributed by atoms with Gasteiger partial charge in [0.1, 0.15) is 0 Å². The summed E-state index contributed by atoms with van der Waals surface area (Å²) < 4.78 is 25.1. The fraction of sp³-hybridized carbons (Fsp3) is 0.368. The van der Waals surface area contributed by atoms with Crippen molar-refractivity contribution in [2.75, 3.05) is 6.61 Å². The standard InChI is InChI=1S/C19H21FO2/c1-14-7-8-19(18(20)9-14)22-13-16-10-17(11-16)21-12-15-5-3-2-4-6-15/h2-9,16-17H,10-13H2,1H3/t16-,17+.